The van der Waals surface area contributed by atoms with Gasteiger partial charge in [-0.2, -0.15) is 9.97 Å². The second-order valence-corrected chi connectivity index (χ2v) is 15.1. The maximum absolute atomic E-state index is 14.9. The average Bonchev–Trinajstić information content (AvgIpc) is 3.92. The number of aromatic nitrogens is 4. The lowest BCUT2D eigenvalue weighted by atomic mass is 10.1. The number of hydrogen-bond acceptors (Lipinski definition) is 11. The van der Waals surface area contributed by atoms with Crippen LogP contribution in [-0.2, 0) is 52.4 Å². The molecule has 14 heteroatoms. The molecule has 306 valence electrons. The molecular weight excluding hydrogens is 761 g/mol. The number of benzene rings is 4. The van der Waals surface area contributed by atoms with E-state index in [1.54, 1.807) is 12.1 Å². The second-order valence-electron chi connectivity index (χ2n) is 14.0. The number of nitrogens with one attached hydrogen (secondary N) is 2. The highest BCUT2D eigenvalue weighted by Crippen LogP contribution is 2.25. The minimum atomic E-state index is -2.62. The number of hydrogen-bond donors (Lipinski definition) is 2. The molecule has 0 amide bonds. The summed E-state index contributed by atoms with van der Waals surface area (Å²) < 4.78 is 63.4. The molecule has 11 nitrogen and oxygen atoms in total. The molecule has 6 aromatic rings. The number of unbranched alkanes of at least 4 members (excludes halogenated alkanes) is 2. The Morgan fingerprint density at radius 1 is 0.534 bits per heavy atom. The third kappa shape index (κ3) is 14.2. The molecule has 58 heavy (non-hydrogen) atoms. The quantitative estimate of drug-likeness (QED) is 0.0401. The Kier molecular flexibility index (Phi) is 17.3. The Bertz CT molecular complexity index is 1990. The first-order chi connectivity index (χ1) is 28.5. The lowest BCUT2D eigenvalue weighted by Gasteiger charge is -2.08. The normalized spacial score (nSPS) is 11.5. The summed E-state index contributed by atoms with van der Waals surface area (Å²) in [6, 6.07) is 30.6. The van der Waals surface area contributed by atoms with E-state index in [1.165, 1.54) is 23.3 Å². The van der Waals surface area contributed by atoms with E-state index in [9.17, 15) is 13.3 Å². The van der Waals surface area contributed by atoms with E-state index >= 15 is 0 Å². The molecule has 0 aliphatic carbocycles. The molecule has 0 aliphatic rings. The number of rotatable bonds is 26. The number of halogens is 2. The van der Waals surface area contributed by atoms with Gasteiger partial charge in [0.15, 0.2) is 0 Å². The van der Waals surface area contributed by atoms with Gasteiger partial charge in [0.05, 0.1) is 24.3 Å². The molecule has 2 heterocycles. The Morgan fingerprint density at radius 2 is 0.966 bits per heavy atom. The highest BCUT2D eigenvalue weighted by Gasteiger charge is 2.15. The standard InChI is InChI=1S/C44H51F2N6O5P/c45-39-29-35(21-23-37(39)43-49-41(56-51-43)19-9-7-17-33-13-3-1-4-14-33)31-47-25-11-27-54-58(53)55-28-12-26-48-32-36-22-24-38(40(46)30-36)44-50-42(57-52-44)20-10-8-18-34-15-5-2-6-16-34/h1-6,13-16,21-24,29-30,47-48,58H,7-12,17-20,25-28,31-32H2. The van der Waals surface area contributed by atoms with Crippen LogP contribution in [0.25, 0.3) is 22.8 Å². The molecule has 0 spiro atoms. The van der Waals surface area contributed by atoms with Gasteiger partial charge >= 0.3 is 8.25 Å². The average molecular weight is 813 g/mol. The van der Waals surface area contributed by atoms with Crippen LogP contribution in [0.1, 0.15) is 72.6 Å². The summed E-state index contributed by atoms with van der Waals surface area (Å²) in [5, 5.41) is 14.5. The summed E-state index contributed by atoms with van der Waals surface area (Å²) in [7, 11) is -2.62. The van der Waals surface area contributed by atoms with Gasteiger partial charge < -0.3 is 28.7 Å². The van der Waals surface area contributed by atoms with Crippen LogP contribution in [0.3, 0.4) is 0 Å². The van der Waals surface area contributed by atoms with Crippen LogP contribution in [0.5, 0.6) is 0 Å². The van der Waals surface area contributed by atoms with Crippen LogP contribution in [-0.4, -0.2) is 46.6 Å². The molecule has 0 unspecified atom stereocenters. The molecular formula is C44H51F2N6O5P. The van der Waals surface area contributed by atoms with Crippen LogP contribution in [0, 0.1) is 11.6 Å². The maximum Gasteiger partial charge on any atom is 0.319 e. The second kappa shape index (κ2) is 23.5. The minimum Gasteiger partial charge on any atom is -0.339 e. The molecule has 0 saturated carbocycles. The fraction of sp³-hybridized carbons (Fsp3) is 0.364. The van der Waals surface area contributed by atoms with E-state index in [0.29, 0.717) is 74.8 Å². The molecule has 0 fully saturated rings. The third-order valence-corrected chi connectivity index (χ3v) is 10.4. The van der Waals surface area contributed by atoms with Gasteiger partial charge in [-0.05, 0) is 111 Å². The predicted octanol–water partition coefficient (Wildman–Crippen LogP) is 9.28. The van der Waals surface area contributed by atoms with Gasteiger partial charge in [-0.3, -0.25) is 4.57 Å². The summed E-state index contributed by atoms with van der Waals surface area (Å²) in [6.45, 7) is 2.64. The molecule has 0 atom stereocenters. The summed E-state index contributed by atoms with van der Waals surface area (Å²) in [5.41, 5.74) is 4.75. The third-order valence-electron chi connectivity index (χ3n) is 9.48. The zero-order chi connectivity index (χ0) is 40.2. The summed E-state index contributed by atoms with van der Waals surface area (Å²) >= 11 is 0. The van der Waals surface area contributed by atoms with E-state index < -0.39 is 19.9 Å². The van der Waals surface area contributed by atoms with Crippen LogP contribution in [0.15, 0.2) is 106 Å². The SMILES string of the molecule is O=[PH](OCCCNCc1ccc(-c2noc(CCCCc3ccccc3)n2)c(F)c1)OCCCNCc1ccc(-c2noc(CCCCc3ccccc3)n2)c(F)c1. The van der Waals surface area contributed by atoms with E-state index in [1.807, 2.05) is 48.5 Å². The van der Waals surface area contributed by atoms with Crippen LogP contribution >= 0.6 is 8.25 Å². The highest BCUT2D eigenvalue weighted by atomic mass is 31.1. The molecule has 2 N–H and O–H groups in total. The van der Waals surface area contributed by atoms with Gasteiger partial charge in [-0.15, -0.1) is 0 Å². The zero-order valence-electron chi connectivity index (χ0n) is 32.6. The van der Waals surface area contributed by atoms with Crippen molar-refractivity contribution in [2.45, 2.75) is 77.3 Å². The van der Waals surface area contributed by atoms with E-state index in [2.05, 4.69) is 55.2 Å². The lowest BCUT2D eigenvalue weighted by molar-refractivity contribution is 0.220. The van der Waals surface area contributed by atoms with Gasteiger partial charge in [-0.1, -0.05) is 83.1 Å². The van der Waals surface area contributed by atoms with Crippen molar-refractivity contribution in [1.82, 2.24) is 30.9 Å². The van der Waals surface area contributed by atoms with Crippen molar-refractivity contribution in [3.63, 3.8) is 0 Å². The Hall–Kier alpha value is -4.91. The first-order valence-corrected chi connectivity index (χ1v) is 21.2. The van der Waals surface area contributed by atoms with Crippen LogP contribution in [0.4, 0.5) is 8.78 Å². The zero-order valence-corrected chi connectivity index (χ0v) is 33.6. The Labute approximate surface area is 338 Å². The predicted molar refractivity (Wildman–Crippen MR) is 219 cm³/mol. The van der Waals surface area contributed by atoms with Crippen molar-refractivity contribution in [1.29, 1.82) is 0 Å². The first kappa shape index (κ1) is 42.7. The molecule has 0 aliphatic heterocycles. The van der Waals surface area contributed by atoms with E-state index in [0.717, 1.165) is 49.7 Å². The number of aryl methyl sites for hydroxylation is 4. The Balaban J connectivity index is 0.774. The van der Waals surface area contributed by atoms with Crippen molar-refractivity contribution in [2.75, 3.05) is 26.3 Å². The lowest BCUT2D eigenvalue weighted by Crippen LogP contribution is -2.16. The van der Waals surface area contributed by atoms with Crippen molar-refractivity contribution in [3.05, 3.63) is 143 Å². The molecule has 6 rings (SSSR count). The number of nitrogens with zero attached hydrogens (tertiary/aromatic N) is 4. The smallest absolute Gasteiger partial charge is 0.319 e. The van der Waals surface area contributed by atoms with Crippen LogP contribution < -0.4 is 10.6 Å². The summed E-state index contributed by atoms with van der Waals surface area (Å²) in [5.74, 6) is 0.679. The van der Waals surface area contributed by atoms with Crippen LogP contribution in [0.2, 0.25) is 0 Å². The van der Waals surface area contributed by atoms with E-state index in [4.69, 9.17) is 18.1 Å². The molecule has 0 radical (unpaired) electrons. The largest absolute Gasteiger partial charge is 0.339 e. The molecule has 4 aromatic carbocycles. The Morgan fingerprint density at radius 3 is 1.40 bits per heavy atom. The van der Waals surface area contributed by atoms with Crippen molar-refractivity contribution < 1.29 is 31.4 Å². The maximum atomic E-state index is 14.9. The van der Waals surface area contributed by atoms with Gasteiger partial charge in [0.2, 0.25) is 23.4 Å². The van der Waals surface area contributed by atoms with Crippen molar-refractivity contribution in [3.8, 4) is 22.8 Å². The van der Waals surface area contributed by atoms with Gasteiger partial charge in [0.25, 0.3) is 0 Å². The first-order valence-electron chi connectivity index (χ1n) is 20.0. The van der Waals surface area contributed by atoms with Crippen molar-refractivity contribution in [2.24, 2.45) is 0 Å². The molecule has 0 saturated heterocycles. The monoisotopic (exact) mass is 812 g/mol. The van der Waals surface area contributed by atoms with Gasteiger partial charge in [0, 0.05) is 25.9 Å². The van der Waals surface area contributed by atoms with Gasteiger partial charge in [0.1, 0.15) is 11.6 Å². The fourth-order valence-electron chi connectivity index (χ4n) is 6.34. The summed E-state index contributed by atoms with van der Waals surface area (Å²) in [6.07, 6.45) is 8.30. The molecule has 2 aromatic heterocycles. The van der Waals surface area contributed by atoms with Crippen molar-refractivity contribution >= 4 is 8.25 Å². The molecule has 0 bridgehead atoms. The fourth-order valence-corrected chi connectivity index (χ4v) is 7.05. The topological polar surface area (TPSA) is 137 Å². The summed E-state index contributed by atoms with van der Waals surface area (Å²) in [4.78, 5) is 8.79. The minimum absolute atomic E-state index is 0.247. The van der Waals surface area contributed by atoms with E-state index in [-0.39, 0.29) is 24.9 Å². The highest BCUT2D eigenvalue weighted by molar-refractivity contribution is 7.33. The van der Waals surface area contributed by atoms with Gasteiger partial charge in [-0.25, -0.2) is 8.78 Å².